The number of amides is 1. The Hall–Kier alpha value is -4.27. The van der Waals surface area contributed by atoms with E-state index in [1.807, 2.05) is 26.1 Å². The van der Waals surface area contributed by atoms with Gasteiger partial charge < -0.3 is 15.4 Å². The topological polar surface area (TPSA) is 93.4 Å². The summed E-state index contributed by atoms with van der Waals surface area (Å²) in [6.45, 7) is 11.3. The van der Waals surface area contributed by atoms with Gasteiger partial charge in [-0.25, -0.2) is 13.9 Å². The molecule has 0 atom stereocenters. The van der Waals surface area contributed by atoms with Crippen molar-refractivity contribution >= 4 is 22.9 Å². The Kier molecular flexibility index (Phi) is 6.50. The standard InChI is InChI=1S/C26H27FN6O2/c1-6-18-15-33-23(30-18)11-12-24(32-33)35-22-10-9-19(13-21(22)27)29-17(3)26(4,5)25(34)31-20-8-7-16(2)28-14-20/h7-15,29H,3,6H2,1-2,4-5H3,(H,31,34). The number of nitrogens with zero attached hydrogens (tertiary/aromatic N) is 4. The summed E-state index contributed by atoms with van der Waals surface area (Å²) < 4.78 is 22.1. The zero-order valence-corrected chi connectivity index (χ0v) is 20.1. The average Bonchev–Trinajstić information content (AvgIpc) is 3.25. The number of ether oxygens (including phenoxy) is 1. The van der Waals surface area contributed by atoms with Crippen molar-refractivity contribution in [3.8, 4) is 11.6 Å². The molecule has 180 valence electrons. The molecule has 4 rings (SSSR count). The number of carbonyl (C=O) groups is 1. The van der Waals surface area contributed by atoms with Crippen LogP contribution in [-0.2, 0) is 11.2 Å². The molecule has 0 aliphatic carbocycles. The summed E-state index contributed by atoms with van der Waals surface area (Å²) in [5, 5.41) is 10.2. The number of carbonyl (C=O) groups excluding carboxylic acids is 1. The van der Waals surface area contributed by atoms with E-state index in [-0.39, 0.29) is 17.5 Å². The van der Waals surface area contributed by atoms with E-state index in [1.54, 1.807) is 48.8 Å². The number of fused-ring (bicyclic) bond motifs is 1. The van der Waals surface area contributed by atoms with Crippen LogP contribution in [-0.4, -0.2) is 25.5 Å². The normalized spacial score (nSPS) is 11.3. The monoisotopic (exact) mass is 474 g/mol. The second kappa shape index (κ2) is 9.54. The maximum absolute atomic E-state index is 14.8. The van der Waals surface area contributed by atoms with E-state index >= 15 is 0 Å². The van der Waals surface area contributed by atoms with Crippen molar-refractivity contribution in [2.24, 2.45) is 5.41 Å². The van der Waals surface area contributed by atoms with Gasteiger partial charge in [0.1, 0.15) is 0 Å². The molecule has 3 aromatic heterocycles. The summed E-state index contributed by atoms with van der Waals surface area (Å²) in [7, 11) is 0. The summed E-state index contributed by atoms with van der Waals surface area (Å²) in [4.78, 5) is 21.4. The number of halogens is 1. The Morgan fingerprint density at radius 2 is 1.91 bits per heavy atom. The van der Waals surface area contributed by atoms with Crippen molar-refractivity contribution in [1.82, 2.24) is 19.6 Å². The SMILES string of the molecule is C=C(Nc1ccc(Oc2ccc3nc(CC)cn3n2)c(F)c1)C(C)(C)C(=O)Nc1ccc(C)nc1. The number of anilines is 2. The molecule has 8 nitrogen and oxygen atoms in total. The lowest BCUT2D eigenvalue weighted by atomic mass is 9.88. The predicted octanol–water partition coefficient (Wildman–Crippen LogP) is 5.52. The molecule has 4 aromatic rings. The van der Waals surface area contributed by atoms with Gasteiger partial charge in [-0.2, -0.15) is 0 Å². The number of nitrogens with one attached hydrogen (secondary N) is 2. The van der Waals surface area contributed by atoms with Crippen molar-refractivity contribution in [2.45, 2.75) is 34.1 Å². The maximum Gasteiger partial charge on any atom is 0.237 e. The van der Waals surface area contributed by atoms with Gasteiger partial charge in [-0.3, -0.25) is 9.78 Å². The molecule has 1 aromatic carbocycles. The van der Waals surface area contributed by atoms with E-state index in [0.717, 1.165) is 17.8 Å². The lowest BCUT2D eigenvalue weighted by Crippen LogP contribution is -2.34. The van der Waals surface area contributed by atoms with Crippen molar-refractivity contribution in [3.63, 3.8) is 0 Å². The number of aromatic nitrogens is 4. The smallest absolute Gasteiger partial charge is 0.237 e. The summed E-state index contributed by atoms with van der Waals surface area (Å²) in [6, 6.07) is 11.4. The van der Waals surface area contributed by atoms with E-state index < -0.39 is 11.2 Å². The highest BCUT2D eigenvalue weighted by Crippen LogP contribution is 2.31. The molecule has 3 heterocycles. The number of pyridine rings is 1. The first-order valence-corrected chi connectivity index (χ1v) is 11.2. The molecule has 0 radical (unpaired) electrons. The molecule has 0 fully saturated rings. The minimum Gasteiger partial charge on any atom is -0.434 e. The first-order chi connectivity index (χ1) is 16.7. The highest BCUT2D eigenvalue weighted by molar-refractivity contribution is 5.97. The molecular formula is C26H27FN6O2. The zero-order valence-electron chi connectivity index (χ0n) is 20.1. The first kappa shape index (κ1) is 23.9. The van der Waals surface area contributed by atoms with Gasteiger partial charge in [-0.1, -0.05) is 13.5 Å². The Morgan fingerprint density at radius 3 is 2.60 bits per heavy atom. The van der Waals surface area contributed by atoms with Gasteiger partial charge in [0.2, 0.25) is 11.8 Å². The van der Waals surface area contributed by atoms with Gasteiger partial charge in [-0.05, 0) is 57.5 Å². The third kappa shape index (κ3) is 5.29. The van der Waals surface area contributed by atoms with Gasteiger partial charge in [0, 0.05) is 29.2 Å². The van der Waals surface area contributed by atoms with Crippen LogP contribution in [0.1, 0.15) is 32.2 Å². The minimum atomic E-state index is -0.988. The van der Waals surface area contributed by atoms with Crippen LogP contribution in [0, 0.1) is 18.2 Å². The average molecular weight is 475 g/mol. The fraction of sp³-hybridized carbons (Fsp3) is 0.231. The van der Waals surface area contributed by atoms with Crippen LogP contribution in [0.3, 0.4) is 0 Å². The van der Waals surface area contributed by atoms with Crippen molar-refractivity contribution in [1.29, 1.82) is 0 Å². The summed E-state index contributed by atoms with van der Waals surface area (Å²) in [5.74, 6) is -0.594. The molecule has 1 amide bonds. The molecule has 0 unspecified atom stereocenters. The largest absolute Gasteiger partial charge is 0.434 e. The van der Waals surface area contributed by atoms with Crippen molar-refractivity contribution in [2.75, 3.05) is 10.6 Å². The number of imidazole rings is 1. The third-order valence-corrected chi connectivity index (χ3v) is 5.64. The molecule has 35 heavy (non-hydrogen) atoms. The Balaban J connectivity index is 1.43. The molecule has 0 saturated heterocycles. The number of aryl methyl sites for hydroxylation is 2. The third-order valence-electron chi connectivity index (χ3n) is 5.64. The number of rotatable bonds is 8. The maximum atomic E-state index is 14.8. The molecule has 9 heteroatoms. The Labute approximate surface area is 202 Å². The van der Waals surface area contributed by atoms with Crippen molar-refractivity contribution in [3.05, 3.63) is 84.3 Å². The van der Waals surface area contributed by atoms with Gasteiger partial charge >= 0.3 is 0 Å². The van der Waals surface area contributed by atoms with Crippen LogP contribution in [0.15, 0.2) is 67.1 Å². The summed E-state index contributed by atoms with van der Waals surface area (Å²) in [5.41, 5.74) is 2.89. The van der Waals surface area contributed by atoms with E-state index in [1.165, 1.54) is 12.1 Å². The quantitative estimate of drug-likeness (QED) is 0.349. The van der Waals surface area contributed by atoms with E-state index in [4.69, 9.17) is 4.74 Å². The van der Waals surface area contributed by atoms with Crippen LogP contribution in [0.25, 0.3) is 5.65 Å². The fourth-order valence-corrected chi connectivity index (χ4v) is 3.21. The molecule has 2 N–H and O–H groups in total. The second-order valence-electron chi connectivity index (χ2n) is 8.68. The highest BCUT2D eigenvalue weighted by atomic mass is 19.1. The lowest BCUT2D eigenvalue weighted by molar-refractivity contribution is -0.122. The molecule has 0 spiro atoms. The zero-order chi connectivity index (χ0) is 25.2. The van der Waals surface area contributed by atoms with E-state index in [9.17, 15) is 9.18 Å². The van der Waals surface area contributed by atoms with Crippen molar-refractivity contribution < 1.29 is 13.9 Å². The Bertz CT molecular complexity index is 1390. The lowest BCUT2D eigenvalue weighted by Gasteiger charge is -2.27. The summed E-state index contributed by atoms with van der Waals surface area (Å²) >= 11 is 0. The van der Waals surface area contributed by atoms with Gasteiger partial charge in [0.15, 0.2) is 17.2 Å². The fourth-order valence-electron chi connectivity index (χ4n) is 3.21. The van der Waals surface area contributed by atoms with Gasteiger partial charge in [0.25, 0.3) is 0 Å². The summed E-state index contributed by atoms with van der Waals surface area (Å²) in [6.07, 6.45) is 4.19. The molecule has 0 bridgehead atoms. The van der Waals surface area contributed by atoms with Crippen LogP contribution in [0.4, 0.5) is 15.8 Å². The molecule has 0 aliphatic rings. The molecule has 0 saturated carbocycles. The van der Waals surface area contributed by atoms with Gasteiger partial charge in [-0.15, -0.1) is 5.10 Å². The Morgan fingerprint density at radius 1 is 1.14 bits per heavy atom. The molecule has 0 aliphatic heterocycles. The predicted molar refractivity (Wildman–Crippen MR) is 133 cm³/mol. The molecular weight excluding hydrogens is 447 g/mol. The number of hydrogen-bond donors (Lipinski definition) is 2. The minimum absolute atomic E-state index is 0.0210. The van der Waals surface area contributed by atoms with Crippen LogP contribution >= 0.6 is 0 Å². The van der Waals surface area contributed by atoms with E-state index in [0.29, 0.717) is 22.7 Å². The van der Waals surface area contributed by atoms with Crippen LogP contribution < -0.4 is 15.4 Å². The highest BCUT2D eigenvalue weighted by Gasteiger charge is 2.31. The van der Waals surface area contributed by atoms with Crippen LogP contribution in [0.5, 0.6) is 11.6 Å². The number of benzene rings is 1. The second-order valence-corrected chi connectivity index (χ2v) is 8.68. The van der Waals surface area contributed by atoms with Crippen LogP contribution in [0.2, 0.25) is 0 Å². The number of hydrogen-bond acceptors (Lipinski definition) is 6. The van der Waals surface area contributed by atoms with E-state index in [2.05, 4.69) is 32.3 Å². The van der Waals surface area contributed by atoms with Gasteiger partial charge in [0.05, 0.1) is 29.2 Å². The first-order valence-electron chi connectivity index (χ1n) is 11.2.